The van der Waals surface area contributed by atoms with E-state index in [4.69, 9.17) is 0 Å². The molecule has 2 rings (SSSR count). The lowest BCUT2D eigenvalue weighted by molar-refractivity contribution is 0.0273. The summed E-state index contributed by atoms with van der Waals surface area (Å²) in [6.07, 6.45) is 8.36. The molecule has 0 amide bonds. The Morgan fingerprint density at radius 1 is 1.22 bits per heavy atom. The summed E-state index contributed by atoms with van der Waals surface area (Å²) in [7, 11) is 6.80. The summed E-state index contributed by atoms with van der Waals surface area (Å²) < 4.78 is 0. The number of hydrogen-bond acceptors (Lipinski definition) is 3. The summed E-state index contributed by atoms with van der Waals surface area (Å²) in [5.74, 6) is 0.949. The lowest BCUT2D eigenvalue weighted by Gasteiger charge is -2.49. The van der Waals surface area contributed by atoms with E-state index >= 15 is 0 Å². The number of hydrogen-bond donors (Lipinski definition) is 1. The minimum atomic E-state index is 0.490. The highest BCUT2D eigenvalue weighted by Gasteiger charge is 2.39. The minimum Gasteiger partial charge on any atom is -0.316 e. The molecular formula is C15H31N3. The average Bonchev–Trinajstić information content (AvgIpc) is 2.76. The van der Waals surface area contributed by atoms with Crippen LogP contribution in [0.4, 0.5) is 0 Å². The molecule has 3 heteroatoms. The molecule has 0 bridgehead atoms. The van der Waals surface area contributed by atoms with Gasteiger partial charge in [0.15, 0.2) is 0 Å². The third-order valence-electron chi connectivity index (χ3n) is 5.11. The maximum absolute atomic E-state index is 3.46. The third kappa shape index (κ3) is 3.46. The molecule has 1 saturated heterocycles. The van der Waals surface area contributed by atoms with Crippen LogP contribution in [0, 0.1) is 5.92 Å². The first-order valence-electron chi connectivity index (χ1n) is 7.69. The molecule has 1 atom stereocenters. The van der Waals surface area contributed by atoms with Crippen molar-refractivity contribution < 1.29 is 0 Å². The molecule has 2 aliphatic rings. The lowest BCUT2D eigenvalue weighted by Crippen LogP contribution is -2.56. The molecule has 0 spiro atoms. The molecule has 0 aromatic heterocycles. The van der Waals surface area contributed by atoms with Gasteiger partial charge < -0.3 is 15.1 Å². The van der Waals surface area contributed by atoms with Gasteiger partial charge in [0.25, 0.3) is 0 Å². The van der Waals surface area contributed by atoms with Gasteiger partial charge in [-0.1, -0.05) is 0 Å². The smallest absolute Gasteiger partial charge is 0.0330 e. The quantitative estimate of drug-likeness (QED) is 0.746. The van der Waals surface area contributed by atoms with Crippen LogP contribution in [-0.2, 0) is 0 Å². The molecule has 106 valence electrons. The molecule has 1 unspecified atom stereocenters. The molecule has 1 saturated carbocycles. The number of rotatable bonds is 7. The summed E-state index contributed by atoms with van der Waals surface area (Å²) in [6.45, 7) is 5.02. The van der Waals surface area contributed by atoms with Crippen molar-refractivity contribution in [2.75, 3.05) is 47.3 Å². The van der Waals surface area contributed by atoms with Crippen molar-refractivity contribution in [3.8, 4) is 0 Å². The number of nitrogens with one attached hydrogen (secondary N) is 1. The van der Waals surface area contributed by atoms with E-state index < -0.39 is 0 Å². The van der Waals surface area contributed by atoms with Crippen molar-refractivity contribution in [2.45, 2.75) is 44.1 Å². The first kappa shape index (κ1) is 14.3. The van der Waals surface area contributed by atoms with E-state index in [1.165, 1.54) is 64.7 Å². The first-order chi connectivity index (χ1) is 8.62. The molecule has 1 N–H and O–H groups in total. The average molecular weight is 253 g/mol. The topological polar surface area (TPSA) is 18.5 Å². The summed E-state index contributed by atoms with van der Waals surface area (Å²) >= 11 is 0. The van der Waals surface area contributed by atoms with Crippen LogP contribution in [0.3, 0.4) is 0 Å². The summed E-state index contributed by atoms with van der Waals surface area (Å²) in [6, 6.07) is 0. The van der Waals surface area contributed by atoms with Gasteiger partial charge in [-0.3, -0.25) is 0 Å². The van der Waals surface area contributed by atoms with E-state index in [0.29, 0.717) is 5.54 Å². The first-order valence-corrected chi connectivity index (χ1v) is 7.69. The zero-order valence-electron chi connectivity index (χ0n) is 12.5. The Morgan fingerprint density at radius 2 is 2.00 bits per heavy atom. The monoisotopic (exact) mass is 253 g/mol. The molecular weight excluding hydrogens is 222 g/mol. The largest absolute Gasteiger partial charge is 0.316 e. The van der Waals surface area contributed by atoms with Crippen molar-refractivity contribution in [2.24, 2.45) is 5.92 Å². The van der Waals surface area contributed by atoms with Crippen LogP contribution in [0.15, 0.2) is 0 Å². The van der Waals surface area contributed by atoms with Crippen LogP contribution in [0.5, 0.6) is 0 Å². The summed E-state index contributed by atoms with van der Waals surface area (Å²) in [5.41, 5.74) is 0.490. The van der Waals surface area contributed by atoms with Gasteiger partial charge in [0.05, 0.1) is 0 Å². The zero-order chi connectivity index (χ0) is 13.0. The van der Waals surface area contributed by atoms with Crippen molar-refractivity contribution in [1.29, 1.82) is 0 Å². The Kier molecular flexibility index (Phi) is 5.05. The van der Waals surface area contributed by atoms with Gasteiger partial charge in [-0.15, -0.1) is 0 Å². The van der Waals surface area contributed by atoms with Crippen molar-refractivity contribution in [1.82, 2.24) is 15.1 Å². The van der Waals surface area contributed by atoms with Gasteiger partial charge in [-0.2, -0.15) is 0 Å². The second-order valence-corrected chi connectivity index (χ2v) is 6.71. The van der Waals surface area contributed by atoms with E-state index in [-0.39, 0.29) is 0 Å². The molecule has 1 aliphatic heterocycles. The number of nitrogens with zero attached hydrogens (tertiary/aromatic N) is 2. The Balaban J connectivity index is 1.63. The van der Waals surface area contributed by atoms with Crippen LogP contribution in [0.2, 0.25) is 0 Å². The van der Waals surface area contributed by atoms with E-state index in [1.54, 1.807) is 0 Å². The Morgan fingerprint density at radius 3 is 2.50 bits per heavy atom. The maximum Gasteiger partial charge on any atom is 0.0330 e. The Bertz CT molecular complexity index is 242. The van der Waals surface area contributed by atoms with E-state index in [0.717, 1.165) is 5.92 Å². The molecule has 3 nitrogen and oxygen atoms in total. The highest BCUT2D eigenvalue weighted by molar-refractivity contribution is 4.97. The molecule has 2 fully saturated rings. The number of likely N-dealkylation sites (N-methyl/N-ethyl adjacent to an activating group) is 2. The Labute approximate surface area is 113 Å². The predicted octanol–water partition coefficient (Wildman–Crippen LogP) is 1.79. The molecule has 0 aromatic carbocycles. The second-order valence-electron chi connectivity index (χ2n) is 6.71. The summed E-state index contributed by atoms with van der Waals surface area (Å²) in [5, 5.41) is 3.46. The van der Waals surface area contributed by atoms with Gasteiger partial charge in [-0.25, -0.2) is 0 Å². The van der Waals surface area contributed by atoms with Crippen LogP contribution in [0.1, 0.15) is 38.5 Å². The van der Waals surface area contributed by atoms with Gasteiger partial charge in [0, 0.05) is 12.1 Å². The van der Waals surface area contributed by atoms with E-state index in [9.17, 15) is 0 Å². The van der Waals surface area contributed by atoms with Gasteiger partial charge in [0.2, 0.25) is 0 Å². The van der Waals surface area contributed by atoms with Gasteiger partial charge >= 0.3 is 0 Å². The van der Waals surface area contributed by atoms with Crippen LogP contribution >= 0.6 is 0 Å². The van der Waals surface area contributed by atoms with Gasteiger partial charge in [-0.05, 0) is 85.2 Å². The van der Waals surface area contributed by atoms with E-state index in [1.807, 2.05) is 0 Å². The van der Waals surface area contributed by atoms with Gasteiger partial charge in [0.1, 0.15) is 0 Å². The normalized spacial score (nSPS) is 26.8. The Hall–Kier alpha value is -0.120. The molecule has 1 heterocycles. The minimum absolute atomic E-state index is 0.490. The maximum atomic E-state index is 3.46. The third-order valence-corrected chi connectivity index (χ3v) is 5.11. The second kappa shape index (κ2) is 6.36. The SMILES string of the molecule is CN(CCCC1CCNC1)CC1(N(C)C)CCC1. The van der Waals surface area contributed by atoms with E-state index in [2.05, 4.69) is 36.3 Å². The fourth-order valence-corrected chi connectivity index (χ4v) is 3.52. The molecule has 0 radical (unpaired) electrons. The van der Waals surface area contributed by atoms with Crippen molar-refractivity contribution in [3.63, 3.8) is 0 Å². The van der Waals surface area contributed by atoms with Crippen LogP contribution < -0.4 is 5.32 Å². The van der Waals surface area contributed by atoms with Crippen molar-refractivity contribution in [3.05, 3.63) is 0 Å². The van der Waals surface area contributed by atoms with Crippen LogP contribution in [-0.4, -0.2) is 62.7 Å². The standard InChI is InChI=1S/C15H31N3/c1-17(2)15(8-5-9-15)13-18(3)11-4-6-14-7-10-16-12-14/h14,16H,4-13H2,1-3H3. The fraction of sp³-hybridized carbons (Fsp3) is 1.00. The molecule has 18 heavy (non-hydrogen) atoms. The van der Waals surface area contributed by atoms with Crippen LogP contribution in [0.25, 0.3) is 0 Å². The highest BCUT2D eigenvalue weighted by Crippen LogP contribution is 2.36. The lowest BCUT2D eigenvalue weighted by atomic mass is 9.75. The predicted molar refractivity (Wildman–Crippen MR) is 78.0 cm³/mol. The molecule has 1 aliphatic carbocycles. The molecule has 0 aromatic rings. The summed E-state index contributed by atoms with van der Waals surface area (Å²) in [4.78, 5) is 5.01. The zero-order valence-corrected chi connectivity index (χ0v) is 12.5. The highest BCUT2D eigenvalue weighted by atomic mass is 15.2. The van der Waals surface area contributed by atoms with Crippen molar-refractivity contribution >= 4 is 0 Å². The fourth-order valence-electron chi connectivity index (χ4n) is 3.52.